The number of carbonyl (C=O) groups excluding carboxylic acids is 1. The topological polar surface area (TPSA) is 69.8 Å². The molecule has 1 aromatic heterocycles. The number of fused-ring (bicyclic) bond motifs is 1. The van der Waals surface area contributed by atoms with Gasteiger partial charge in [0.1, 0.15) is 11.6 Å². The van der Waals surface area contributed by atoms with Crippen molar-refractivity contribution in [2.24, 2.45) is 0 Å². The minimum absolute atomic E-state index is 0.211. The molecule has 2 heterocycles. The fourth-order valence-electron chi connectivity index (χ4n) is 2.20. The van der Waals surface area contributed by atoms with Crippen LogP contribution in [0.4, 0.5) is 14.6 Å². The minimum Gasteiger partial charge on any atom is -0.311 e. The Kier molecular flexibility index (Phi) is 3.19. The highest BCUT2D eigenvalue weighted by atomic mass is 19.1. The predicted molar refractivity (Wildman–Crippen MR) is 68.3 cm³/mol. The van der Waals surface area contributed by atoms with E-state index in [4.69, 9.17) is 0 Å². The van der Waals surface area contributed by atoms with Crippen molar-refractivity contribution in [1.82, 2.24) is 15.5 Å². The molecule has 0 fully saturated rings. The Balaban J connectivity index is 1.84. The van der Waals surface area contributed by atoms with Crippen LogP contribution in [0.15, 0.2) is 18.2 Å². The summed E-state index contributed by atoms with van der Waals surface area (Å²) in [5, 5.41) is 12.6. The van der Waals surface area contributed by atoms with E-state index in [9.17, 15) is 13.6 Å². The molecule has 1 aliphatic heterocycles. The van der Waals surface area contributed by atoms with Gasteiger partial charge < -0.3 is 10.6 Å². The third-order valence-corrected chi connectivity index (χ3v) is 3.21. The number of amides is 1. The standard InChI is InChI=1S/C13H12F2N4O/c14-7-1-2-8(10(15)5-7)13(20)17-12-9-3-4-16-6-11(9)18-19-12/h1-2,5,16H,3-4,6H2,(H2,17,18,19,20). The number of anilines is 1. The molecule has 7 heteroatoms. The van der Waals surface area contributed by atoms with Gasteiger partial charge in [-0.25, -0.2) is 8.78 Å². The van der Waals surface area contributed by atoms with E-state index in [1.165, 1.54) is 0 Å². The molecule has 1 amide bonds. The number of rotatable bonds is 2. The second-order valence-corrected chi connectivity index (χ2v) is 4.53. The molecule has 0 bridgehead atoms. The first-order valence-corrected chi connectivity index (χ1v) is 6.18. The smallest absolute Gasteiger partial charge is 0.259 e. The van der Waals surface area contributed by atoms with Gasteiger partial charge in [0.25, 0.3) is 5.91 Å². The molecule has 0 atom stereocenters. The lowest BCUT2D eigenvalue weighted by atomic mass is 10.1. The van der Waals surface area contributed by atoms with Crippen LogP contribution in [0.3, 0.4) is 0 Å². The van der Waals surface area contributed by atoms with Crippen LogP contribution >= 0.6 is 0 Å². The number of benzene rings is 1. The highest BCUT2D eigenvalue weighted by molar-refractivity contribution is 6.04. The second kappa shape index (κ2) is 5.01. The number of hydrogen-bond donors (Lipinski definition) is 3. The van der Waals surface area contributed by atoms with Crippen molar-refractivity contribution in [3.05, 3.63) is 46.7 Å². The van der Waals surface area contributed by atoms with Crippen LogP contribution < -0.4 is 10.6 Å². The molecule has 0 unspecified atom stereocenters. The molecular formula is C13H12F2N4O. The van der Waals surface area contributed by atoms with Crippen molar-refractivity contribution in [2.75, 3.05) is 11.9 Å². The zero-order valence-corrected chi connectivity index (χ0v) is 10.5. The molecule has 20 heavy (non-hydrogen) atoms. The number of aromatic nitrogens is 2. The van der Waals surface area contributed by atoms with E-state index < -0.39 is 17.5 Å². The minimum atomic E-state index is -0.895. The van der Waals surface area contributed by atoms with Crippen molar-refractivity contribution in [1.29, 1.82) is 0 Å². The fourth-order valence-corrected chi connectivity index (χ4v) is 2.20. The van der Waals surface area contributed by atoms with Crippen molar-refractivity contribution in [3.8, 4) is 0 Å². The lowest BCUT2D eigenvalue weighted by molar-refractivity contribution is 0.102. The SMILES string of the molecule is O=C(Nc1n[nH]c2c1CCNC2)c1ccc(F)cc1F. The summed E-state index contributed by atoms with van der Waals surface area (Å²) < 4.78 is 26.3. The van der Waals surface area contributed by atoms with Gasteiger partial charge >= 0.3 is 0 Å². The van der Waals surface area contributed by atoms with Crippen molar-refractivity contribution >= 4 is 11.7 Å². The van der Waals surface area contributed by atoms with E-state index in [-0.39, 0.29) is 5.56 Å². The van der Waals surface area contributed by atoms with Crippen LogP contribution in [0.1, 0.15) is 21.6 Å². The number of hydrogen-bond acceptors (Lipinski definition) is 3. The van der Waals surface area contributed by atoms with Crippen LogP contribution in [0, 0.1) is 11.6 Å². The molecule has 0 radical (unpaired) electrons. The summed E-state index contributed by atoms with van der Waals surface area (Å²) in [5.74, 6) is -1.86. The zero-order chi connectivity index (χ0) is 14.1. The maximum absolute atomic E-state index is 13.5. The van der Waals surface area contributed by atoms with Crippen molar-refractivity contribution < 1.29 is 13.6 Å². The Morgan fingerprint density at radius 3 is 3.00 bits per heavy atom. The Morgan fingerprint density at radius 1 is 1.35 bits per heavy atom. The summed E-state index contributed by atoms with van der Waals surface area (Å²) in [6, 6.07) is 2.83. The van der Waals surface area contributed by atoms with Crippen LogP contribution in [-0.4, -0.2) is 22.6 Å². The lowest BCUT2D eigenvalue weighted by Gasteiger charge is -2.13. The van der Waals surface area contributed by atoms with E-state index in [2.05, 4.69) is 20.8 Å². The normalized spacial score (nSPS) is 13.9. The number of nitrogens with one attached hydrogen (secondary N) is 3. The monoisotopic (exact) mass is 278 g/mol. The highest BCUT2D eigenvalue weighted by Crippen LogP contribution is 2.21. The average molecular weight is 278 g/mol. The van der Waals surface area contributed by atoms with Gasteiger partial charge in [0.2, 0.25) is 0 Å². The number of aromatic amines is 1. The Morgan fingerprint density at radius 2 is 2.20 bits per heavy atom. The van der Waals surface area contributed by atoms with Crippen molar-refractivity contribution in [2.45, 2.75) is 13.0 Å². The molecule has 0 saturated carbocycles. The van der Waals surface area contributed by atoms with E-state index in [1.807, 2.05) is 0 Å². The van der Waals surface area contributed by atoms with E-state index in [0.717, 1.165) is 36.4 Å². The lowest BCUT2D eigenvalue weighted by Crippen LogP contribution is -2.24. The van der Waals surface area contributed by atoms with Gasteiger partial charge in [0.05, 0.1) is 11.3 Å². The molecule has 0 saturated heterocycles. The fraction of sp³-hybridized carbons (Fsp3) is 0.231. The van der Waals surface area contributed by atoms with Gasteiger partial charge in [-0.1, -0.05) is 0 Å². The van der Waals surface area contributed by atoms with E-state index >= 15 is 0 Å². The molecule has 1 aromatic carbocycles. The predicted octanol–water partition coefficient (Wildman–Crippen LogP) is 1.59. The van der Waals surface area contributed by atoms with E-state index in [1.54, 1.807) is 0 Å². The third kappa shape index (κ3) is 2.27. The summed E-state index contributed by atoms with van der Waals surface area (Å²) >= 11 is 0. The van der Waals surface area contributed by atoms with Gasteiger partial charge in [-0.2, -0.15) is 5.10 Å². The summed E-state index contributed by atoms with van der Waals surface area (Å²) in [6.07, 6.45) is 0.730. The first kappa shape index (κ1) is 12.7. The molecule has 5 nitrogen and oxygen atoms in total. The molecule has 3 rings (SSSR count). The van der Waals surface area contributed by atoms with Crippen LogP contribution in [0.2, 0.25) is 0 Å². The molecule has 3 N–H and O–H groups in total. The molecule has 104 valence electrons. The Hall–Kier alpha value is -2.28. The molecule has 2 aromatic rings. The highest BCUT2D eigenvalue weighted by Gasteiger charge is 2.20. The Bertz CT molecular complexity index is 668. The maximum Gasteiger partial charge on any atom is 0.259 e. The zero-order valence-electron chi connectivity index (χ0n) is 10.5. The van der Waals surface area contributed by atoms with Gasteiger partial charge in [0.15, 0.2) is 5.82 Å². The largest absolute Gasteiger partial charge is 0.311 e. The molecule has 0 spiro atoms. The first-order valence-electron chi connectivity index (χ1n) is 6.18. The number of halogens is 2. The van der Waals surface area contributed by atoms with Gasteiger partial charge in [-0.05, 0) is 25.1 Å². The maximum atomic E-state index is 13.5. The van der Waals surface area contributed by atoms with E-state index in [0.29, 0.717) is 18.4 Å². The molecule has 1 aliphatic rings. The van der Waals surface area contributed by atoms with Crippen LogP contribution in [0.25, 0.3) is 0 Å². The first-order chi connectivity index (χ1) is 9.65. The van der Waals surface area contributed by atoms with Crippen LogP contribution in [-0.2, 0) is 13.0 Å². The molecule has 0 aliphatic carbocycles. The number of H-pyrrole nitrogens is 1. The van der Waals surface area contributed by atoms with Crippen LogP contribution in [0.5, 0.6) is 0 Å². The Labute approximate surface area is 113 Å². The van der Waals surface area contributed by atoms with Gasteiger partial charge in [0, 0.05) is 18.2 Å². The summed E-state index contributed by atoms with van der Waals surface area (Å²) in [7, 11) is 0. The quantitative estimate of drug-likeness (QED) is 0.781. The van der Waals surface area contributed by atoms with Gasteiger partial charge in [-0.3, -0.25) is 9.89 Å². The third-order valence-electron chi connectivity index (χ3n) is 3.21. The average Bonchev–Trinajstić information content (AvgIpc) is 2.82. The van der Waals surface area contributed by atoms with Crippen molar-refractivity contribution in [3.63, 3.8) is 0 Å². The number of carbonyl (C=O) groups is 1. The summed E-state index contributed by atoms with van der Waals surface area (Å²) in [6.45, 7) is 1.45. The summed E-state index contributed by atoms with van der Waals surface area (Å²) in [5.41, 5.74) is 1.61. The number of nitrogens with zero attached hydrogens (tertiary/aromatic N) is 1. The molecular weight excluding hydrogens is 266 g/mol. The summed E-state index contributed by atoms with van der Waals surface area (Å²) in [4.78, 5) is 12.0. The second-order valence-electron chi connectivity index (χ2n) is 4.53. The van der Waals surface area contributed by atoms with Gasteiger partial charge in [-0.15, -0.1) is 0 Å².